The first-order chi connectivity index (χ1) is 11.6. The number of nitrogens with one attached hydrogen (secondary N) is 2. The number of carbonyl (C=O) groups excluding carboxylic acids is 1. The Hall–Kier alpha value is -3.09. The van der Waals surface area contributed by atoms with Gasteiger partial charge in [-0.1, -0.05) is 18.2 Å². The van der Waals surface area contributed by atoms with Crippen LogP contribution in [0.25, 0.3) is 5.69 Å². The molecule has 0 aliphatic rings. The number of benzene rings is 1. The van der Waals surface area contributed by atoms with Crippen molar-refractivity contribution in [1.29, 1.82) is 0 Å². The van der Waals surface area contributed by atoms with Gasteiger partial charge in [-0.2, -0.15) is 10.2 Å². The summed E-state index contributed by atoms with van der Waals surface area (Å²) in [7, 11) is 1.85. The van der Waals surface area contributed by atoms with Crippen LogP contribution in [-0.4, -0.2) is 25.6 Å². The summed E-state index contributed by atoms with van der Waals surface area (Å²) in [5, 5.41) is 14.2. The predicted molar refractivity (Wildman–Crippen MR) is 90.6 cm³/mol. The highest BCUT2D eigenvalue weighted by molar-refractivity contribution is 5.74. The lowest BCUT2D eigenvalue weighted by Crippen LogP contribution is -2.36. The molecule has 2 aromatic heterocycles. The number of aryl methyl sites for hydroxylation is 1. The Bertz CT molecular complexity index is 808. The highest BCUT2D eigenvalue weighted by Gasteiger charge is 2.11. The minimum Gasteiger partial charge on any atom is -0.334 e. The van der Waals surface area contributed by atoms with Gasteiger partial charge in [0.15, 0.2) is 0 Å². The van der Waals surface area contributed by atoms with Crippen LogP contribution in [0.5, 0.6) is 0 Å². The largest absolute Gasteiger partial charge is 0.334 e. The van der Waals surface area contributed by atoms with Crippen molar-refractivity contribution in [3.63, 3.8) is 0 Å². The van der Waals surface area contributed by atoms with Crippen molar-refractivity contribution < 1.29 is 4.79 Å². The Balaban J connectivity index is 1.61. The average molecular weight is 324 g/mol. The number of urea groups is 1. The molecule has 1 aromatic carbocycles. The van der Waals surface area contributed by atoms with E-state index in [0.717, 1.165) is 16.8 Å². The molecule has 124 valence electrons. The highest BCUT2D eigenvalue weighted by Crippen LogP contribution is 2.13. The van der Waals surface area contributed by atoms with E-state index in [0.29, 0.717) is 6.54 Å². The van der Waals surface area contributed by atoms with Crippen molar-refractivity contribution in [1.82, 2.24) is 30.2 Å². The first kappa shape index (κ1) is 15.8. The molecule has 0 aliphatic carbocycles. The van der Waals surface area contributed by atoms with Gasteiger partial charge in [-0.15, -0.1) is 0 Å². The fraction of sp³-hybridized carbons (Fsp3) is 0.235. The van der Waals surface area contributed by atoms with Crippen LogP contribution in [0.3, 0.4) is 0 Å². The second kappa shape index (κ2) is 6.99. The van der Waals surface area contributed by atoms with Crippen LogP contribution in [-0.2, 0) is 13.6 Å². The zero-order valence-electron chi connectivity index (χ0n) is 13.7. The normalized spacial score (nSPS) is 11.9. The van der Waals surface area contributed by atoms with Crippen LogP contribution in [0.15, 0.2) is 55.1 Å². The first-order valence-electron chi connectivity index (χ1n) is 7.74. The van der Waals surface area contributed by atoms with Gasteiger partial charge >= 0.3 is 6.03 Å². The number of aromatic nitrogens is 4. The molecule has 2 N–H and O–H groups in total. The molecule has 1 atom stereocenters. The summed E-state index contributed by atoms with van der Waals surface area (Å²) in [6.45, 7) is 2.34. The van der Waals surface area contributed by atoms with Gasteiger partial charge in [-0.05, 0) is 24.6 Å². The zero-order chi connectivity index (χ0) is 16.9. The maximum absolute atomic E-state index is 12.1. The highest BCUT2D eigenvalue weighted by atomic mass is 16.2. The summed E-state index contributed by atoms with van der Waals surface area (Å²) >= 11 is 0. The fourth-order valence-corrected chi connectivity index (χ4v) is 2.47. The van der Waals surface area contributed by atoms with Gasteiger partial charge in [-0.3, -0.25) is 4.68 Å². The summed E-state index contributed by atoms with van der Waals surface area (Å²) in [5.41, 5.74) is 2.90. The molecule has 0 radical (unpaired) electrons. The van der Waals surface area contributed by atoms with Crippen molar-refractivity contribution in [3.05, 3.63) is 66.2 Å². The maximum atomic E-state index is 12.1. The first-order valence-corrected chi connectivity index (χ1v) is 7.74. The van der Waals surface area contributed by atoms with Crippen LogP contribution < -0.4 is 10.6 Å². The van der Waals surface area contributed by atoms with Crippen LogP contribution in [0.2, 0.25) is 0 Å². The lowest BCUT2D eigenvalue weighted by Gasteiger charge is -2.14. The van der Waals surface area contributed by atoms with E-state index < -0.39 is 0 Å². The number of carbonyl (C=O) groups is 1. The molecule has 0 saturated carbocycles. The molecule has 0 fully saturated rings. The SMILES string of the molecule is C[C@H](NC(=O)NCc1ccccc1-n1cccn1)c1cnn(C)c1. The van der Waals surface area contributed by atoms with Crippen molar-refractivity contribution in [2.24, 2.45) is 7.05 Å². The summed E-state index contributed by atoms with van der Waals surface area (Å²) in [6, 6.07) is 9.38. The van der Waals surface area contributed by atoms with Crippen LogP contribution in [0, 0.1) is 0 Å². The molecular weight excluding hydrogens is 304 g/mol. The van der Waals surface area contributed by atoms with Crippen molar-refractivity contribution in [2.75, 3.05) is 0 Å². The number of rotatable bonds is 5. The second-order valence-corrected chi connectivity index (χ2v) is 5.58. The Morgan fingerprint density at radius 1 is 1.25 bits per heavy atom. The minimum atomic E-state index is -0.221. The Morgan fingerprint density at radius 3 is 2.79 bits per heavy atom. The summed E-state index contributed by atoms with van der Waals surface area (Å²) in [5.74, 6) is 0. The van der Waals surface area contributed by atoms with Crippen LogP contribution in [0.4, 0.5) is 4.79 Å². The molecule has 7 nitrogen and oxygen atoms in total. The number of nitrogens with zero attached hydrogens (tertiary/aromatic N) is 4. The third-order valence-corrected chi connectivity index (χ3v) is 3.75. The Kier molecular flexibility index (Phi) is 4.60. The second-order valence-electron chi connectivity index (χ2n) is 5.58. The van der Waals surface area contributed by atoms with E-state index in [-0.39, 0.29) is 12.1 Å². The third kappa shape index (κ3) is 3.62. The molecule has 7 heteroatoms. The van der Waals surface area contributed by atoms with E-state index in [1.165, 1.54) is 0 Å². The molecule has 24 heavy (non-hydrogen) atoms. The molecule has 3 rings (SSSR count). The van der Waals surface area contributed by atoms with Crippen LogP contribution >= 0.6 is 0 Å². The minimum absolute atomic E-state index is 0.111. The topological polar surface area (TPSA) is 76.8 Å². The quantitative estimate of drug-likeness (QED) is 0.755. The zero-order valence-corrected chi connectivity index (χ0v) is 13.7. The molecule has 0 spiro atoms. The summed E-state index contributed by atoms with van der Waals surface area (Å²) < 4.78 is 3.50. The predicted octanol–water partition coefficient (Wildman–Crippen LogP) is 2.17. The van der Waals surface area contributed by atoms with Gasteiger partial charge in [-0.25, -0.2) is 9.48 Å². The molecule has 0 unspecified atom stereocenters. The molecule has 0 aliphatic heterocycles. The van der Waals surface area contributed by atoms with E-state index >= 15 is 0 Å². The van der Waals surface area contributed by atoms with Gasteiger partial charge < -0.3 is 10.6 Å². The van der Waals surface area contributed by atoms with Gasteiger partial charge in [0.2, 0.25) is 0 Å². The maximum Gasteiger partial charge on any atom is 0.315 e. The average Bonchev–Trinajstić information content (AvgIpc) is 3.24. The fourth-order valence-electron chi connectivity index (χ4n) is 2.47. The lowest BCUT2D eigenvalue weighted by molar-refractivity contribution is 0.237. The number of hydrogen-bond acceptors (Lipinski definition) is 3. The van der Waals surface area contributed by atoms with Crippen molar-refractivity contribution in [2.45, 2.75) is 19.5 Å². The summed E-state index contributed by atoms with van der Waals surface area (Å²) in [4.78, 5) is 12.1. The van der Waals surface area contributed by atoms with Gasteiger partial charge in [0.05, 0.1) is 17.9 Å². The molecule has 2 heterocycles. The van der Waals surface area contributed by atoms with Gasteiger partial charge in [0.1, 0.15) is 0 Å². The number of amides is 2. The third-order valence-electron chi connectivity index (χ3n) is 3.75. The van der Waals surface area contributed by atoms with Gasteiger partial charge in [0.25, 0.3) is 0 Å². The molecular formula is C17H20N6O. The molecule has 3 aromatic rings. The van der Waals surface area contributed by atoms with E-state index in [2.05, 4.69) is 20.8 Å². The standard InChI is InChI=1S/C17H20N6O/c1-13(15-11-20-22(2)12-15)21-17(24)18-10-14-6-3-4-7-16(14)23-9-5-8-19-23/h3-9,11-13H,10H2,1-2H3,(H2,18,21,24)/t13-/m0/s1. The summed E-state index contributed by atoms with van der Waals surface area (Å²) in [6.07, 6.45) is 7.24. The Morgan fingerprint density at radius 2 is 2.08 bits per heavy atom. The van der Waals surface area contributed by atoms with E-state index in [1.54, 1.807) is 21.8 Å². The van der Waals surface area contributed by atoms with Crippen molar-refractivity contribution >= 4 is 6.03 Å². The van der Waals surface area contributed by atoms with E-state index in [4.69, 9.17) is 0 Å². The lowest BCUT2D eigenvalue weighted by atomic mass is 10.2. The van der Waals surface area contributed by atoms with E-state index in [9.17, 15) is 4.79 Å². The van der Waals surface area contributed by atoms with Crippen molar-refractivity contribution in [3.8, 4) is 5.69 Å². The monoisotopic (exact) mass is 324 g/mol. The molecule has 0 saturated heterocycles. The number of hydrogen-bond donors (Lipinski definition) is 2. The smallest absolute Gasteiger partial charge is 0.315 e. The molecule has 2 amide bonds. The Labute approximate surface area is 140 Å². The molecule has 0 bridgehead atoms. The van der Waals surface area contributed by atoms with E-state index in [1.807, 2.05) is 56.7 Å². The number of para-hydroxylation sites is 1. The van der Waals surface area contributed by atoms with Gasteiger partial charge in [0, 0.05) is 37.7 Å². The van der Waals surface area contributed by atoms with Crippen LogP contribution in [0.1, 0.15) is 24.1 Å².